The number of ketones is 1. The number of hydrogen-bond donors (Lipinski definition) is 5. The predicted molar refractivity (Wildman–Crippen MR) is 280 cm³/mol. The van der Waals surface area contributed by atoms with E-state index in [1.165, 1.54) is 0 Å². The van der Waals surface area contributed by atoms with Gasteiger partial charge >= 0.3 is 0 Å². The molecule has 0 saturated heterocycles. The number of carbonyl (C=O) groups excluding carboxylic acids is 3. The van der Waals surface area contributed by atoms with E-state index in [1.54, 1.807) is 36.4 Å². The summed E-state index contributed by atoms with van der Waals surface area (Å²) < 4.78 is 0. The van der Waals surface area contributed by atoms with Crippen LogP contribution in [0.1, 0.15) is 49.1 Å². The van der Waals surface area contributed by atoms with E-state index in [0.717, 1.165) is 54.7 Å². The molecular formula is C59H37N7O5. The Balaban J connectivity index is 0.910. The van der Waals surface area contributed by atoms with Gasteiger partial charge in [-0.05, 0) is 82.4 Å². The lowest BCUT2D eigenvalue weighted by Gasteiger charge is -2.20. The van der Waals surface area contributed by atoms with Crippen molar-refractivity contribution >= 4 is 122 Å². The highest BCUT2D eigenvalue weighted by molar-refractivity contribution is 6.28. The predicted octanol–water partition coefficient (Wildman–Crippen LogP) is 15.5. The van der Waals surface area contributed by atoms with E-state index in [1.807, 2.05) is 128 Å². The van der Waals surface area contributed by atoms with Crippen molar-refractivity contribution in [1.29, 1.82) is 0 Å². The van der Waals surface area contributed by atoms with Crippen LogP contribution in [0.3, 0.4) is 0 Å². The van der Waals surface area contributed by atoms with E-state index in [-0.39, 0.29) is 39.8 Å². The Hall–Kier alpha value is -9.81. The minimum Gasteiger partial charge on any atom is -0.505 e. The number of azo groups is 2. The highest BCUT2D eigenvalue weighted by Crippen LogP contribution is 2.48. The van der Waals surface area contributed by atoms with Gasteiger partial charge in [0.05, 0.1) is 33.5 Å². The third kappa shape index (κ3) is 6.35. The molecule has 0 fully saturated rings. The van der Waals surface area contributed by atoms with Crippen LogP contribution in [0, 0.1) is 0 Å². The fraction of sp³-hybridized carbons (Fsp3) is 0.0339. The Labute approximate surface area is 402 Å². The van der Waals surface area contributed by atoms with Crippen LogP contribution in [0.5, 0.6) is 11.5 Å². The van der Waals surface area contributed by atoms with Crippen molar-refractivity contribution in [3.8, 4) is 22.6 Å². The molecular weight excluding hydrogens is 887 g/mol. The number of aromatic amines is 2. The van der Waals surface area contributed by atoms with Gasteiger partial charge in [0.15, 0.2) is 23.6 Å². The number of phenols is 2. The van der Waals surface area contributed by atoms with Crippen LogP contribution in [0.15, 0.2) is 178 Å². The number of H-pyrrole nitrogens is 2. The van der Waals surface area contributed by atoms with Crippen molar-refractivity contribution in [2.24, 2.45) is 20.5 Å². The number of anilines is 1. The molecule has 13 rings (SSSR count). The number of carbonyl (C=O) groups is 3. The van der Waals surface area contributed by atoms with Gasteiger partial charge in [0.1, 0.15) is 11.4 Å². The number of phenolic OH excluding ortho intramolecular Hbond substituents is 2. The first-order chi connectivity index (χ1) is 34.8. The van der Waals surface area contributed by atoms with Crippen molar-refractivity contribution in [3.63, 3.8) is 0 Å². The minimum absolute atomic E-state index is 0.0388. The second-order valence-electron chi connectivity index (χ2n) is 17.7. The summed E-state index contributed by atoms with van der Waals surface area (Å²) in [5.41, 5.74) is 8.44. The second-order valence-corrected chi connectivity index (χ2v) is 17.7. The molecule has 12 nitrogen and oxygen atoms in total. The summed E-state index contributed by atoms with van der Waals surface area (Å²) in [5, 5.41) is 53.0. The molecule has 1 aliphatic carbocycles. The molecule has 0 atom stereocenters. The van der Waals surface area contributed by atoms with Gasteiger partial charge in [0.2, 0.25) is 0 Å². The Morgan fingerprint density at radius 1 is 0.563 bits per heavy atom. The zero-order valence-corrected chi connectivity index (χ0v) is 37.7. The topological polar surface area (TPSA) is 185 Å². The van der Waals surface area contributed by atoms with Crippen molar-refractivity contribution in [1.82, 2.24) is 9.97 Å². The van der Waals surface area contributed by atoms with Crippen LogP contribution in [0.25, 0.3) is 87.1 Å². The Bertz CT molecular complexity index is 4410. The fourth-order valence-corrected chi connectivity index (χ4v) is 10.4. The Kier molecular flexibility index (Phi) is 9.26. The number of aldehydes is 1. The molecule has 0 spiro atoms. The molecule has 1 aliphatic rings. The largest absolute Gasteiger partial charge is 0.505 e. The zero-order chi connectivity index (χ0) is 48.1. The molecule has 5 N–H and O–H groups in total. The van der Waals surface area contributed by atoms with Crippen LogP contribution in [0.2, 0.25) is 0 Å². The van der Waals surface area contributed by atoms with E-state index in [2.05, 4.69) is 25.5 Å². The molecule has 2 heterocycles. The van der Waals surface area contributed by atoms with E-state index >= 15 is 0 Å². The Morgan fingerprint density at radius 2 is 1.20 bits per heavy atom. The molecule has 0 radical (unpaired) electrons. The minimum atomic E-state index is -0.493. The third-order valence-electron chi connectivity index (χ3n) is 13.8. The first-order valence-corrected chi connectivity index (χ1v) is 23.1. The SMILES string of the molecule is CCc1ccccc1NC(=O)c1cc2ccc3c4ccccc4[nH]c3c2c(N=Nc2ccc3c4c(cccc24)C(=O)c2cc(N=Nc4c(O)c(C=O)cc5ccc6c7ccccc7[nH]c6c45)ccc2-3)c1O. The number of hydrogen-bond acceptors (Lipinski definition) is 9. The van der Waals surface area contributed by atoms with Gasteiger partial charge in [-0.1, -0.05) is 116 Å². The lowest BCUT2D eigenvalue weighted by atomic mass is 9.82. The highest BCUT2D eigenvalue weighted by Gasteiger charge is 2.28. The summed E-state index contributed by atoms with van der Waals surface area (Å²) >= 11 is 0. The first-order valence-electron chi connectivity index (χ1n) is 23.1. The number of fused-ring (bicyclic) bond motifs is 12. The molecule has 71 heavy (non-hydrogen) atoms. The maximum atomic E-state index is 14.5. The molecule has 1 amide bonds. The first kappa shape index (κ1) is 41.4. The molecule has 12 heteroatoms. The van der Waals surface area contributed by atoms with Crippen LogP contribution in [-0.4, -0.2) is 38.2 Å². The normalized spacial score (nSPS) is 12.5. The van der Waals surface area contributed by atoms with Gasteiger partial charge in [-0.2, -0.15) is 5.11 Å². The van der Waals surface area contributed by atoms with Gasteiger partial charge in [0.25, 0.3) is 5.91 Å². The maximum Gasteiger partial charge on any atom is 0.259 e. The van der Waals surface area contributed by atoms with E-state index < -0.39 is 5.91 Å². The summed E-state index contributed by atoms with van der Waals surface area (Å²) in [6.45, 7) is 2.01. The quantitative estimate of drug-likeness (QED) is 0.0749. The van der Waals surface area contributed by atoms with E-state index in [0.29, 0.717) is 78.8 Å². The van der Waals surface area contributed by atoms with Crippen molar-refractivity contribution in [3.05, 3.63) is 186 Å². The molecule has 10 aromatic carbocycles. The fourth-order valence-electron chi connectivity index (χ4n) is 10.4. The van der Waals surface area contributed by atoms with Crippen LogP contribution in [-0.2, 0) is 6.42 Å². The van der Waals surface area contributed by atoms with E-state index in [4.69, 9.17) is 10.2 Å². The molecule has 0 saturated carbocycles. The second kappa shape index (κ2) is 15.9. The monoisotopic (exact) mass is 923 g/mol. The lowest BCUT2D eigenvalue weighted by molar-refractivity contribution is 0.102. The molecule has 0 unspecified atom stereocenters. The summed E-state index contributed by atoms with van der Waals surface area (Å²) in [6.07, 6.45) is 1.29. The number of rotatable bonds is 8. The highest BCUT2D eigenvalue weighted by atomic mass is 16.3. The molecule has 2 aromatic heterocycles. The lowest BCUT2D eigenvalue weighted by Crippen LogP contribution is -2.13. The smallest absolute Gasteiger partial charge is 0.259 e. The van der Waals surface area contributed by atoms with Crippen molar-refractivity contribution in [2.45, 2.75) is 13.3 Å². The number of amides is 1. The number of nitrogens with zero attached hydrogens (tertiary/aromatic N) is 4. The molecule has 0 aliphatic heterocycles. The average molecular weight is 924 g/mol. The van der Waals surface area contributed by atoms with Gasteiger partial charge in [0, 0.05) is 70.9 Å². The van der Waals surface area contributed by atoms with Gasteiger partial charge < -0.3 is 25.5 Å². The summed E-state index contributed by atoms with van der Waals surface area (Å²) in [7, 11) is 0. The molecule has 338 valence electrons. The van der Waals surface area contributed by atoms with E-state index in [9.17, 15) is 24.6 Å². The van der Waals surface area contributed by atoms with Crippen LogP contribution >= 0.6 is 0 Å². The third-order valence-corrected chi connectivity index (χ3v) is 13.8. The van der Waals surface area contributed by atoms with Gasteiger partial charge in [-0.15, -0.1) is 15.3 Å². The van der Waals surface area contributed by atoms with Crippen LogP contribution in [0.4, 0.5) is 28.4 Å². The molecule has 0 bridgehead atoms. The molecule has 12 aromatic rings. The summed E-state index contributed by atoms with van der Waals surface area (Å²) in [5.74, 6) is -1.35. The zero-order valence-electron chi connectivity index (χ0n) is 37.7. The number of aromatic hydroxyl groups is 2. The standard InChI is InChI=1S/C59H37N7O5/c1-2-30-10-3-6-15-45(30)62-59(71)44-27-32-19-22-40-37-12-5-8-17-47(37)61-53(40)50(32)55(58(44)70)66-64-48-25-24-38-35-23-20-34(28-43(35)57(69)42-14-9-13-41(48)51(38)42)63-65-54-49-31(26-33(29-67)56(54)68)18-21-39-36-11-4-7-16-46(36)60-52(39)49/h3-29,60-61,68,70H,2H2,1H3,(H,62,71). The van der Waals surface area contributed by atoms with Gasteiger partial charge in [-0.25, -0.2) is 0 Å². The number of aryl methyl sites for hydroxylation is 1. The van der Waals surface area contributed by atoms with Crippen molar-refractivity contribution < 1.29 is 24.6 Å². The average Bonchev–Trinajstić information content (AvgIpc) is 3.98. The number of benzene rings is 10. The number of para-hydroxylation sites is 3. The Morgan fingerprint density at radius 3 is 1.92 bits per heavy atom. The van der Waals surface area contributed by atoms with Crippen molar-refractivity contribution in [2.75, 3.05) is 5.32 Å². The summed E-state index contributed by atoms with van der Waals surface area (Å²) in [6, 6.07) is 48.9. The van der Waals surface area contributed by atoms with Crippen LogP contribution < -0.4 is 5.32 Å². The number of aromatic nitrogens is 2. The van der Waals surface area contributed by atoms with Gasteiger partial charge in [-0.3, -0.25) is 14.4 Å². The summed E-state index contributed by atoms with van der Waals surface area (Å²) in [4.78, 5) is 47.7. The maximum absolute atomic E-state index is 14.5. The number of nitrogens with one attached hydrogen (secondary N) is 3.